The normalized spacial score (nSPS) is 10.7. The van der Waals surface area contributed by atoms with Gasteiger partial charge in [0.05, 0.1) is 4.92 Å². The standard InChI is InChI=1S/C21H15N3O3S/c25-24(26)19-8-4-7-18(13-19)20-22-23-21(27-20)28-14-15-9-11-17(12-10-15)16-5-2-1-3-6-16/h1-13H,14H2. The maximum atomic E-state index is 10.9. The predicted octanol–water partition coefficient (Wildman–Crippen LogP) is 5.60. The highest BCUT2D eigenvalue weighted by Crippen LogP contribution is 2.28. The zero-order valence-corrected chi connectivity index (χ0v) is 15.5. The largest absolute Gasteiger partial charge is 0.411 e. The number of nitrogens with zero attached hydrogens (tertiary/aromatic N) is 3. The number of non-ortho nitro benzene ring substituents is 1. The first-order valence-electron chi connectivity index (χ1n) is 8.54. The molecular formula is C21H15N3O3S. The number of thioether (sulfide) groups is 1. The summed E-state index contributed by atoms with van der Waals surface area (Å²) >= 11 is 1.43. The fourth-order valence-corrected chi connectivity index (χ4v) is 3.43. The molecule has 0 unspecified atom stereocenters. The average molecular weight is 389 g/mol. The average Bonchev–Trinajstić information content (AvgIpc) is 3.22. The first-order chi connectivity index (χ1) is 13.7. The van der Waals surface area contributed by atoms with Gasteiger partial charge >= 0.3 is 0 Å². The third kappa shape index (κ3) is 4.10. The van der Waals surface area contributed by atoms with Crippen LogP contribution in [0.1, 0.15) is 5.56 Å². The molecule has 0 saturated carbocycles. The molecule has 0 spiro atoms. The van der Waals surface area contributed by atoms with E-state index in [2.05, 4.69) is 46.6 Å². The molecule has 28 heavy (non-hydrogen) atoms. The summed E-state index contributed by atoms with van der Waals surface area (Å²) < 4.78 is 5.64. The molecule has 138 valence electrons. The maximum Gasteiger partial charge on any atom is 0.277 e. The van der Waals surface area contributed by atoms with Crippen LogP contribution in [0.5, 0.6) is 0 Å². The van der Waals surface area contributed by atoms with Gasteiger partial charge in [0, 0.05) is 23.4 Å². The Morgan fingerprint density at radius 3 is 2.32 bits per heavy atom. The van der Waals surface area contributed by atoms with Crippen molar-refractivity contribution in [3.05, 3.63) is 94.5 Å². The topological polar surface area (TPSA) is 82.1 Å². The zero-order valence-electron chi connectivity index (χ0n) is 14.7. The molecule has 0 aliphatic carbocycles. The molecule has 0 fully saturated rings. The maximum absolute atomic E-state index is 10.9. The van der Waals surface area contributed by atoms with E-state index in [0.29, 0.717) is 16.5 Å². The Kier molecular flexibility index (Phi) is 5.16. The Morgan fingerprint density at radius 1 is 0.857 bits per heavy atom. The van der Waals surface area contributed by atoms with E-state index in [-0.39, 0.29) is 11.6 Å². The van der Waals surface area contributed by atoms with E-state index in [0.717, 1.165) is 5.56 Å². The molecule has 0 radical (unpaired) electrons. The minimum Gasteiger partial charge on any atom is -0.411 e. The van der Waals surface area contributed by atoms with Crippen LogP contribution < -0.4 is 0 Å². The Morgan fingerprint density at radius 2 is 1.57 bits per heavy atom. The summed E-state index contributed by atoms with van der Waals surface area (Å²) in [6.07, 6.45) is 0. The highest BCUT2D eigenvalue weighted by molar-refractivity contribution is 7.98. The van der Waals surface area contributed by atoms with Crippen molar-refractivity contribution in [1.29, 1.82) is 0 Å². The van der Waals surface area contributed by atoms with Gasteiger partial charge in [0.1, 0.15) is 0 Å². The van der Waals surface area contributed by atoms with Crippen LogP contribution in [0, 0.1) is 10.1 Å². The number of nitro benzene ring substituents is 1. The molecule has 7 heteroatoms. The van der Waals surface area contributed by atoms with Gasteiger partial charge in [0.2, 0.25) is 5.89 Å². The highest BCUT2D eigenvalue weighted by Gasteiger charge is 2.13. The minimum absolute atomic E-state index is 0.0107. The van der Waals surface area contributed by atoms with Crippen molar-refractivity contribution >= 4 is 17.4 Å². The number of nitro groups is 1. The summed E-state index contributed by atoms with van der Waals surface area (Å²) in [5.41, 5.74) is 4.00. The summed E-state index contributed by atoms with van der Waals surface area (Å²) in [6, 6.07) is 24.7. The van der Waals surface area contributed by atoms with Crippen molar-refractivity contribution in [3.63, 3.8) is 0 Å². The third-order valence-electron chi connectivity index (χ3n) is 4.13. The second-order valence-electron chi connectivity index (χ2n) is 6.03. The lowest BCUT2D eigenvalue weighted by atomic mass is 10.0. The second-order valence-corrected chi connectivity index (χ2v) is 6.96. The van der Waals surface area contributed by atoms with Crippen molar-refractivity contribution in [2.24, 2.45) is 0 Å². The molecule has 0 aliphatic heterocycles. The SMILES string of the molecule is O=[N+]([O-])c1cccc(-c2nnc(SCc3ccc(-c4ccccc4)cc3)o2)c1. The molecule has 0 N–H and O–H groups in total. The number of aromatic nitrogens is 2. The molecule has 6 nitrogen and oxygen atoms in total. The molecule has 0 saturated heterocycles. The van der Waals surface area contributed by atoms with E-state index in [1.165, 1.54) is 35.0 Å². The van der Waals surface area contributed by atoms with Crippen molar-refractivity contribution in [3.8, 4) is 22.6 Å². The van der Waals surface area contributed by atoms with Crippen LogP contribution in [0.4, 0.5) is 5.69 Å². The van der Waals surface area contributed by atoms with Crippen molar-refractivity contribution < 1.29 is 9.34 Å². The zero-order chi connectivity index (χ0) is 19.3. The van der Waals surface area contributed by atoms with Crippen LogP contribution in [-0.2, 0) is 5.75 Å². The van der Waals surface area contributed by atoms with Gasteiger partial charge in [0.15, 0.2) is 0 Å². The Hall–Kier alpha value is -3.45. The van der Waals surface area contributed by atoms with Crippen LogP contribution in [0.15, 0.2) is 88.5 Å². The molecule has 0 aliphatic rings. The Balaban J connectivity index is 1.42. The van der Waals surface area contributed by atoms with Crippen LogP contribution in [0.2, 0.25) is 0 Å². The highest BCUT2D eigenvalue weighted by atomic mass is 32.2. The number of benzene rings is 3. The van der Waals surface area contributed by atoms with Gasteiger partial charge in [-0.15, -0.1) is 10.2 Å². The lowest BCUT2D eigenvalue weighted by Gasteiger charge is -2.03. The van der Waals surface area contributed by atoms with E-state index in [1.807, 2.05) is 18.2 Å². The smallest absolute Gasteiger partial charge is 0.277 e. The van der Waals surface area contributed by atoms with Gasteiger partial charge in [-0.05, 0) is 22.8 Å². The Labute approximate surface area is 165 Å². The van der Waals surface area contributed by atoms with Gasteiger partial charge in [-0.25, -0.2) is 0 Å². The van der Waals surface area contributed by atoms with E-state index >= 15 is 0 Å². The Bertz CT molecular complexity index is 1100. The third-order valence-corrected chi connectivity index (χ3v) is 5.02. The van der Waals surface area contributed by atoms with Crippen LogP contribution in [0.3, 0.4) is 0 Å². The lowest BCUT2D eigenvalue weighted by Crippen LogP contribution is -1.88. The summed E-state index contributed by atoms with van der Waals surface area (Å²) in [7, 11) is 0. The molecule has 0 bridgehead atoms. The van der Waals surface area contributed by atoms with Gasteiger partial charge in [0.25, 0.3) is 10.9 Å². The minimum atomic E-state index is -0.450. The van der Waals surface area contributed by atoms with Gasteiger partial charge in [-0.2, -0.15) is 0 Å². The van der Waals surface area contributed by atoms with E-state index in [1.54, 1.807) is 12.1 Å². The van der Waals surface area contributed by atoms with Crippen LogP contribution in [-0.4, -0.2) is 15.1 Å². The first-order valence-corrected chi connectivity index (χ1v) is 9.53. The number of hydrogen-bond acceptors (Lipinski definition) is 6. The molecule has 4 aromatic rings. The predicted molar refractivity (Wildman–Crippen MR) is 108 cm³/mol. The second kappa shape index (κ2) is 8.06. The van der Waals surface area contributed by atoms with Gasteiger partial charge in [-0.1, -0.05) is 72.4 Å². The molecule has 1 heterocycles. The fraction of sp³-hybridized carbons (Fsp3) is 0.0476. The van der Waals surface area contributed by atoms with E-state index < -0.39 is 4.92 Å². The van der Waals surface area contributed by atoms with E-state index in [4.69, 9.17) is 4.42 Å². The molecule has 0 atom stereocenters. The summed E-state index contributed by atoms with van der Waals surface area (Å²) in [4.78, 5) is 10.4. The number of rotatable bonds is 6. The molecule has 1 aromatic heterocycles. The molecule has 0 amide bonds. The summed E-state index contributed by atoms with van der Waals surface area (Å²) in [5.74, 6) is 0.955. The summed E-state index contributed by atoms with van der Waals surface area (Å²) in [6.45, 7) is 0. The van der Waals surface area contributed by atoms with Crippen LogP contribution >= 0.6 is 11.8 Å². The summed E-state index contributed by atoms with van der Waals surface area (Å²) in [5, 5.41) is 19.3. The van der Waals surface area contributed by atoms with E-state index in [9.17, 15) is 10.1 Å². The monoisotopic (exact) mass is 389 g/mol. The first kappa shape index (κ1) is 17.9. The molecule has 3 aromatic carbocycles. The molecular weight excluding hydrogens is 374 g/mol. The quantitative estimate of drug-likeness (QED) is 0.242. The van der Waals surface area contributed by atoms with Gasteiger partial charge < -0.3 is 4.42 Å². The lowest BCUT2D eigenvalue weighted by molar-refractivity contribution is -0.384. The van der Waals surface area contributed by atoms with Crippen molar-refractivity contribution in [2.75, 3.05) is 0 Å². The van der Waals surface area contributed by atoms with Crippen LogP contribution in [0.25, 0.3) is 22.6 Å². The fourth-order valence-electron chi connectivity index (χ4n) is 2.71. The van der Waals surface area contributed by atoms with Gasteiger partial charge in [-0.3, -0.25) is 10.1 Å². The van der Waals surface area contributed by atoms with Crippen molar-refractivity contribution in [2.45, 2.75) is 11.0 Å². The van der Waals surface area contributed by atoms with Crippen molar-refractivity contribution in [1.82, 2.24) is 10.2 Å². The number of hydrogen-bond donors (Lipinski definition) is 0. The molecule has 4 rings (SSSR count).